The Morgan fingerprint density at radius 3 is 2.64 bits per heavy atom. The Balaban J connectivity index is 1.86. The molecule has 28 heavy (non-hydrogen) atoms. The maximum atomic E-state index is 12.7. The zero-order valence-electron chi connectivity index (χ0n) is 17.8. The van der Waals surface area contributed by atoms with Crippen molar-refractivity contribution in [3.8, 4) is 11.5 Å². The molecule has 0 spiro atoms. The first-order chi connectivity index (χ1) is 13.2. The molecule has 1 saturated heterocycles. The number of likely N-dealkylation sites (tertiary alicyclic amines) is 1. The van der Waals surface area contributed by atoms with Gasteiger partial charge in [-0.05, 0) is 57.5 Å². The van der Waals surface area contributed by atoms with Crippen LogP contribution in [0.3, 0.4) is 0 Å². The quantitative estimate of drug-likeness (QED) is 0.738. The molecule has 1 aliphatic heterocycles. The summed E-state index contributed by atoms with van der Waals surface area (Å²) in [5, 5.41) is 10.6. The number of nitrogens with zero attached hydrogens (tertiary/aromatic N) is 2. The second-order valence-electron chi connectivity index (χ2n) is 8.91. The molecule has 1 N–H and O–H groups in total. The van der Waals surface area contributed by atoms with Crippen LogP contribution in [0.25, 0.3) is 0 Å². The number of hydrogen-bond acceptors (Lipinski definition) is 5. The summed E-state index contributed by atoms with van der Waals surface area (Å²) in [6.45, 7) is 6.13. The van der Waals surface area contributed by atoms with E-state index in [0.717, 1.165) is 17.1 Å². The maximum absolute atomic E-state index is 12.7. The Morgan fingerprint density at radius 2 is 2.07 bits per heavy atom. The molecule has 2 aliphatic rings. The van der Waals surface area contributed by atoms with Crippen LogP contribution in [0.4, 0.5) is 0 Å². The monoisotopic (exact) mass is 390 g/mol. The minimum Gasteiger partial charge on any atom is -0.493 e. The number of methoxy groups -OCH3 is 1. The van der Waals surface area contributed by atoms with Crippen molar-refractivity contribution in [3.05, 3.63) is 23.8 Å². The summed E-state index contributed by atoms with van der Waals surface area (Å²) < 4.78 is 11.5. The van der Waals surface area contributed by atoms with Crippen molar-refractivity contribution >= 4 is 5.91 Å². The van der Waals surface area contributed by atoms with Crippen LogP contribution < -0.4 is 9.47 Å². The summed E-state index contributed by atoms with van der Waals surface area (Å²) in [5.41, 5.74) is 0.666. The summed E-state index contributed by atoms with van der Waals surface area (Å²) in [5.74, 6) is 2.26. The zero-order chi connectivity index (χ0) is 20.5. The molecule has 2 fully saturated rings. The molecule has 3 rings (SSSR count). The van der Waals surface area contributed by atoms with Gasteiger partial charge in [0.1, 0.15) is 0 Å². The molecule has 6 nitrogen and oxygen atoms in total. The standard InChI is InChI=1S/C22H34N2O4/c1-15(25)22(2)14-24(21(26)12-23(3)4)11-18(22)17-8-9-19(27-5)20(10-17)28-13-16-6-7-16/h8-10,15-16,18,25H,6-7,11-14H2,1-5H3/t15-,18?,22?/m1/s1. The molecular weight excluding hydrogens is 356 g/mol. The van der Waals surface area contributed by atoms with Crippen LogP contribution in [-0.2, 0) is 4.79 Å². The minimum absolute atomic E-state index is 0.0350. The number of aliphatic hydroxyl groups excluding tert-OH is 1. The molecule has 0 aromatic heterocycles. The van der Waals surface area contributed by atoms with E-state index in [-0.39, 0.29) is 11.8 Å². The lowest BCUT2D eigenvalue weighted by Gasteiger charge is -2.34. The van der Waals surface area contributed by atoms with Crippen LogP contribution in [0.15, 0.2) is 18.2 Å². The number of likely N-dealkylation sites (N-methyl/N-ethyl adjacent to an activating group) is 1. The van der Waals surface area contributed by atoms with E-state index in [1.54, 1.807) is 7.11 Å². The molecule has 1 heterocycles. The third kappa shape index (κ3) is 4.44. The van der Waals surface area contributed by atoms with Crippen molar-refractivity contribution in [2.24, 2.45) is 11.3 Å². The summed E-state index contributed by atoms with van der Waals surface area (Å²) >= 11 is 0. The summed E-state index contributed by atoms with van der Waals surface area (Å²) in [6, 6.07) is 6.00. The fraction of sp³-hybridized carbons (Fsp3) is 0.682. The topological polar surface area (TPSA) is 62.2 Å². The third-order valence-corrected chi connectivity index (χ3v) is 6.25. The minimum atomic E-state index is -0.535. The lowest BCUT2D eigenvalue weighted by atomic mass is 9.72. The van der Waals surface area contributed by atoms with E-state index in [1.807, 2.05) is 49.0 Å². The number of carbonyl (C=O) groups is 1. The summed E-state index contributed by atoms with van der Waals surface area (Å²) in [7, 11) is 5.44. The SMILES string of the molecule is COc1ccc(C2CN(C(=O)CN(C)C)CC2(C)[C@@H](C)O)cc1OCC1CC1. The number of amides is 1. The van der Waals surface area contributed by atoms with Gasteiger partial charge in [0.2, 0.25) is 5.91 Å². The van der Waals surface area contributed by atoms with Gasteiger partial charge in [-0.15, -0.1) is 0 Å². The highest BCUT2D eigenvalue weighted by atomic mass is 16.5. The molecule has 2 unspecified atom stereocenters. The van der Waals surface area contributed by atoms with Crippen molar-refractivity contribution in [2.45, 2.75) is 38.7 Å². The highest BCUT2D eigenvalue weighted by Crippen LogP contribution is 2.47. The molecule has 1 saturated carbocycles. The van der Waals surface area contributed by atoms with Crippen molar-refractivity contribution in [2.75, 3.05) is 47.4 Å². The van der Waals surface area contributed by atoms with E-state index in [0.29, 0.717) is 32.2 Å². The van der Waals surface area contributed by atoms with E-state index in [2.05, 4.69) is 6.92 Å². The maximum Gasteiger partial charge on any atom is 0.236 e. The Bertz CT molecular complexity index is 702. The van der Waals surface area contributed by atoms with E-state index >= 15 is 0 Å². The van der Waals surface area contributed by atoms with Crippen LogP contribution in [-0.4, -0.2) is 74.4 Å². The molecule has 1 aromatic rings. The number of ether oxygens (including phenoxy) is 2. The van der Waals surface area contributed by atoms with Crippen LogP contribution in [0.1, 0.15) is 38.2 Å². The van der Waals surface area contributed by atoms with Crippen molar-refractivity contribution in [1.29, 1.82) is 0 Å². The first kappa shape index (κ1) is 20.9. The second-order valence-corrected chi connectivity index (χ2v) is 8.91. The Labute approximate surface area is 168 Å². The predicted octanol–water partition coefficient (Wildman–Crippen LogP) is 2.36. The van der Waals surface area contributed by atoms with Gasteiger partial charge in [0, 0.05) is 24.4 Å². The third-order valence-electron chi connectivity index (χ3n) is 6.25. The average molecular weight is 391 g/mol. The van der Waals surface area contributed by atoms with Crippen LogP contribution in [0.5, 0.6) is 11.5 Å². The van der Waals surface area contributed by atoms with Gasteiger partial charge in [-0.1, -0.05) is 13.0 Å². The van der Waals surface area contributed by atoms with Gasteiger partial charge in [-0.2, -0.15) is 0 Å². The highest BCUT2D eigenvalue weighted by molar-refractivity contribution is 5.78. The van der Waals surface area contributed by atoms with Gasteiger partial charge in [0.25, 0.3) is 0 Å². The molecule has 156 valence electrons. The first-order valence-corrected chi connectivity index (χ1v) is 10.2. The first-order valence-electron chi connectivity index (χ1n) is 10.2. The van der Waals surface area contributed by atoms with E-state index in [1.165, 1.54) is 12.8 Å². The summed E-state index contributed by atoms with van der Waals surface area (Å²) in [6.07, 6.45) is 1.93. The molecule has 6 heteroatoms. The lowest BCUT2D eigenvalue weighted by Crippen LogP contribution is -2.40. The summed E-state index contributed by atoms with van der Waals surface area (Å²) in [4.78, 5) is 16.4. The average Bonchev–Trinajstić information content (AvgIpc) is 3.40. The zero-order valence-corrected chi connectivity index (χ0v) is 17.8. The number of carbonyl (C=O) groups excluding carboxylic acids is 1. The van der Waals surface area contributed by atoms with Gasteiger partial charge >= 0.3 is 0 Å². The highest BCUT2D eigenvalue weighted by Gasteiger charge is 2.48. The van der Waals surface area contributed by atoms with Gasteiger partial charge in [-0.25, -0.2) is 0 Å². The Kier molecular flexibility index (Phi) is 6.20. The van der Waals surface area contributed by atoms with Crippen molar-refractivity contribution in [3.63, 3.8) is 0 Å². The number of hydrogen-bond donors (Lipinski definition) is 1. The largest absolute Gasteiger partial charge is 0.493 e. The van der Waals surface area contributed by atoms with E-state index in [4.69, 9.17) is 9.47 Å². The second kappa shape index (κ2) is 8.29. The number of aliphatic hydroxyl groups is 1. The van der Waals surface area contributed by atoms with Crippen molar-refractivity contribution in [1.82, 2.24) is 9.80 Å². The van der Waals surface area contributed by atoms with Gasteiger partial charge in [-0.3, -0.25) is 4.79 Å². The normalized spacial score (nSPS) is 25.8. The number of benzene rings is 1. The smallest absolute Gasteiger partial charge is 0.236 e. The molecule has 1 amide bonds. The van der Waals surface area contributed by atoms with Gasteiger partial charge < -0.3 is 24.4 Å². The van der Waals surface area contributed by atoms with Crippen molar-refractivity contribution < 1.29 is 19.4 Å². The molecule has 0 bridgehead atoms. The molecule has 1 aliphatic carbocycles. The van der Waals surface area contributed by atoms with Crippen LogP contribution in [0.2, 0.25) is 0 Å². The predicted molar refractivity (Wildman–Crippen MR) is 109 cm³/mol. The lowest BCUT2D eigenvalue weighted by molar-refractivity contribution is -0.131. The van der Waals surface area contributed by atoms with E-state index < -0.39 is 11.5 Å². The molecule has 0 radical (unpaired) electrons. The molecular formula is C22H34N2O4. The molecule has 3 atom stereocenters. The Hall–Kier alpha value is -1.79. The van der Waals surface area contributed by atoms with Crippen LogP contribution >= 0.6 is 0 Å². The fourth-order valence-corrected chi connectivity index (χ4v) is 4.00. The molecule has 1 aromatic carbocycles. The van der Waals surface area contributed by atoms with E-state index in [9.17, 15) is 9.90 Å². The van der Waals surface area contributed by atoms with Gasteiger partial charge in [0.15, 0.2) is 11.5 Å². The van der Waals surface area contributed by atoms with Crippen LogP contribution in [0, 0.1) is 11.3 Å². The van der Waals surface area contributed by atoms with Gasteiger partial charge in [0.05, 0.1) is 26.4 Å². The fourth-order valence-electron chi connectivity index (χ4n) is 4.00. The number of rotatable bonds is 8. The Morgan fingerprint density at radius 1 is 1.36 bits per heavy atom.